The van der Waals surface area contributed by atoms with E-state index in [0.717, 1.165) is 10.6 Å². The van der Waals surface area contributed by atoms with Crippen molar-refractivity contribution >= 4 is 62.1 Å². The largest absolute Gasteiger partial charge is 0.495 e. The van der Waals surface area contributed by atoms with E-state index in [2.05, 4.69) is 5.32 Å². The van der Waals surface area contributed by atoms with Crippen molar-refractivity contribution in [2.24, 2.45) is 0 Å². The van der Waals surface area contributed by atoms with E-state index in [1.165, 1.54) is 44.4 Å². The number of hydrogen-bond donors (Lipinski definition) is 1. The maximum Gasteiger partial charge on any atom is 0.247 e. The van der Waals surface area contributed by atoms with Crippen LogP contribution in [0.1, 0.15) is 6.92 Å². The third-order valence-corrected chi connectivity index (χ3v) is 5.94. The summed E-state index contributed by atoms with van der Waals surface area (Å²) >= 11 is 17.9. The van der Waals surface area contributed by atoms with Crippen molar-refractivity contribution in [1.29, 1.82) is 0 Å². The lowest BCUT2D eigenvalue weighted by molar-refractivity contribution is -0.116. The minimum Gasteiger partial charge on any atom is -0.495 e. The van der Waals surface area contributed by atoms with Crippen LogP contribution >= 0.6 is 34.8 Å². The molecule has 1 amide bonds. The zero-order valence-corrected chi connectivity index (χ0v) is 17.7. The van der Waals surface area contributed by atoms with Crippen LogP contribution in [0.15, 0.2) is 36.4 Å². The molecule has 0 saturated heterocycles. The van der Waals surface area contributed by atoms with E-state index in [0.29, 0.717) is 16.5 Å². The molecule has 0 aromatic heterocycles. The van der Waals surface area contributed by atoms with Gasteiger partial charge in [0.25, 0.3) is 0 Å². The van der Waals surface area contributed by atoms with Gasteiger partial charge in [-0.15, -0.1) is 0 Å². The number of anilines is 2. The smallest absolute Gasteiger partial charge is 0.247 e. The van der Waals surface area contributed by atoms with Gasteiger partial charge in [0.2, 0.25) is 15.9 Å². The summed E-state index contributed by atoms with van der Waals surface area (Å²) in [7, 11) is -2.33. The molecule has 0 radical (unpaired) electrons. The van der Waals surface area contributed by atoms with Gasteiger partial charge in [-0.2, -0.15) is 0 Å². The summed E-state index contributed by atoms with van der Waals surface area (Å²) in [6, 6.07) is 7.97. The van der Waals surface area contributed by atoms with E-state index in [4.69, 9.17) is 39.5 Å². The number of ether oxygens (including phenoxy) is 1. The number of nitrogens with zero attached hydrogens (tertiary/aromatic N) is 1. The second kappa shape index (κ2) is 8.56. The fourth-order valence-corrected chi connectivity index (χ4v) is 4.14. The van der Waals surface area contributed by atoms with E-state index < -0.39 is 22.0 Å². The number of hydrogen-bond acceptors (Lipinski definition) is 4. The SMILES string of the molecule is COc1ccc(N([C@H](C)C(=O)Nc2ccc(Cl)c(Cl)c2)S(C)(=O)=O)cc1Cl. The van der Waals surface area contributed by atoms with E-state index in [-0.39, 0.29) is 15.7 Å². The number of rotatable bonds is 6. The zero-order chi connectivity index (χ0) is 20.4. The van der Waals surface area contributed by atoms with Gasteiger partial charge in [-0.05, 0) is 43.3 Å². The number of carbonyl (C=O) groups is 1. The first-order chi connectivity index (χ1) is 12.5. The molecule has 0 aliphatic carbocycles. The van der Waals surface area contributed by atoms with Gasteiger partial charge in [0.15, 0.2) is 0 Å². The predicted molar refractivity (Wildman–Crippen MR) is 110 cm³/mol. The molecule has 10 heteroatoms. The Kier molecular flexibility index (Phi) is 6.86. The first-order valence-corrected chi connectivity index (χ1v) is 10.6. The first kappa shape index (κ1) is 21.6. The van der Waals surface area contributed by atoms with E-state index >= 15 is 0 Å². The zero-order valence-electron chi connectivity index (χ0n) is 14.7. The van der Waals surface area contributed by atoms with Gasteiger partial charge < -0.3 is 10.1 Å². The fraction of sp³-hybridized carbons (Fsp3) is 0.235. The first-order valence-electron chi connectivity index (χ1n) is 7.63. The third kappa shape index (κ3) is 5.19. The topological polar surface area (TPSA) is 75.7 Å². The highest BCUT2D eigenvalue weighted by atomic mass is 35.5. The lowest BCUT2D eigenvalue weighted by Gasteiger charge is -2.28. The van der Waals surface area contributed by atoms with Crippen LogP contribution < -0.4 is 14.4 Å². The molecule has 0 fully saturated rings. The van der Waals surface area contributed by atoms with Gasteiger partial charge in [-0.25, -0.2) is 8.42 Å². The van der Waals surface area contributed by atoms with E-state index in [1.54, 1.807) is 6.07 Å². The van der Waals surface area contributed by atoms with Gasteiger partial charge >= 0.3 is 0 Å². The quantitative estimate of drug-likeness (QED) is 0.704. The molecular weight excluding hydrogens is 435 g/mol. The van der Waals surface area contributed by atoms with Gasteiger partial charge in [0.05, 0.1) is 34.1 Å². The Hall–Kier alpha value is -1.67. The molecule has 1 N–H and O–H groups in total. The monoisotopic (exact) mass is 450 g/mol. The molecule has 0 bridgehead atoms. The number of amides is 1. The number of halogens is 3. The van der Waals surface area contributed by atoms with Crippen LogP contribution in [0.3, 0.4) is 0 Å². The Morgan fingerprint density at radius 1 is 1.07 bits per heavy atom. The molecule has 2 aromatic carbocycles. The molecular formula is C17H17Cl3N2O4S. The van der Waals surface area contributed by atoms with Crippen LogP contribution in [0.25, 0.3) is 0 Å². The molecule has 6 nitrogen and oxygen atoms in total. The van der Waals surface area contributed by atoms with Crippen LogP contribution in [0.2, 0.25) is 15.1 Å². The molecule has 0 aliphatic rings. The third-order valence-electron chi connectivity index (χ3n) is 3.67. The molecule has 2 rings (SSSR count). The van der Waals surface area contributed by atoms with E-state index in [9.17, 15) is 13.2 Å². The van der Waals surface area contributed by atoms with Crippen LogP contribution in [-0.4, -0.2) is 33.7 Å². The normalized spacial score (nSPS) is 12.4. The van der Waals surface area contributed by atoms with Gasteiger partial charge in [-0.1, -0.05) is 34.8 Å². The van der Waals surface area contributed by atoms with Crippen molar-refractivity contribution < 1.29 is 17.9 Å². The molecule has 0 spiro atoms. The number of methoxy groups -OCH3 is 1. The minimum absolute atomic E-state index is 0.223. The Balaban J connectivity index is 2.34. The van der Waals surface area contributed by atoms with Crippen LogP contribution in [-0.2, 0) is 14.8 Å². The van der Waals surface area contributed by atoms with Crippen molar-refractivity contribution in [3.05, 3.63) is 51.5 Å². The molecule has 0 unspecified atom stereocenters. The fourth-order valence-electron chi connectivity index (χ4n) is 2.42. The standard InChI is InChI=1S/C17H17Cl3N2O4S/c1-10(17(23)21-11-4-6-13(18)14(19)8-11)22(27(3,24)25)12-5-7-16(26-2)15(20)9-12/h4-10H,1-3H3,(H,21,23)/t10-/m1/s1. The van der Waals surface area contributed by atoms with Crippen molar-refractivity contribution in [2.45, 2.75) is 13.0 Å². The number of benzene rings is 2. The number of carbonyl (C=O) groups excluding carboxylic acids is 1. The van der Waals surface area contributed by atoms with Crippen LogP contribution in [0.4, 0.5) is 11.4 Å². The molecule has 0 heterocycles. The number of nitrogens with one attached hydrogen (secondary N) is 1. The van der Waals surface area contributed by atoms with Gasteiger partial charge in [0.1, 0.15) is 11.8 Å². The molecule has 146 valence electrons. The average Bonchev–Trinajstić information content (AvgIpc) is 2.57. The maximum atomic E-state index is 12.6. The maximum absolute atomic E-state index is 12.6. The Bertz CT molecular complexity index is 967. The lowest BCUT2D eigenvalue weighted by Crippen LogP contribution is -2.45. The minimum atomic E-state index is -3.78. The van der Waals surface area contributed by atoms with Crippen LogP contribution in [0.5, 0.6) is 5.75 Å². The summed E-state index contributed by atoms with van der Waals surface area (Å²) in [6.45, 7) is 1.46. The average molecular weight is 452 g/mol. The highest BCUT2D eigenvalue weighted by molar-refractivity contribution is 7.92. The lowest BCUT2D eigenvalue weighted by atomic mass is 10.2. The van der Waals surface area contributed by atoms with Crippen molar-refractivity contribution in [1.82, 2.24) is 0 Å². The van der Waals surface area contributed by atoms with E-state index in [1.807, 2.05) is 0 Å². The molecule has 27 heavy (non-hydrogen) atoms. The second-order valence-electron chi connectivity index (χ2n) is 5.67. The summed E-state index contributed by atoms with van der Waals surface area (Å²) < 4.78 is 30.7. The predicted octanol–water partition coefficient (Wildman–Crippen LogP) is 4.45. The number of sulfonamides is 1. The second-order valence-corrected chi connectivity index (χ2v) is 8.75. The van der Waals surface area contributed by atoms with Gasteiger partial charge in [-0.3, -0.25) is 9.10 Å². The highest BCUT2D eigenvalue weighted by Gasteiger charge is 2.29. The highest BCUT2D eigenvalue weighted by Crippen LogP contribution is 2.31. The summed E-state index contributed by atoms with van der Waals surface area (Å²) in [5, 5.41) is 3.46. The van der Waals surface area contributed by atoms with Gasteiger partial charge in [0, 0.05) is 5.69 Å². The Labute approximate surface area is 173 Å². The van der Waals surface area contributed by atoms with Crippen molar-refractivity contribution in [2.75, 3.05) is 23.0 Å². The summed E-state index contributed by atoms with van der Waals surface area (Å²) in [5.41, 5.74) is 0.627. The van der Waals surface area contributed by atoms with Crippen LogP contribution in [0, 0.1) is 0 Å². The molecule has 1 atom stereocenters. The molecule has 0 aliphatic heterocycles. The summed E-state index contributed by atoms with van der Waals surface area (Å²) in [4.78, 5) is 12.6. The Morgan fingerprint density at radius 2 is 1.74 bits per heavy atom. The molecule has 2 aromatic rings. The summed E-state index contributed by atoms with van der Waals surface area (Å²) in [5.74, 6) is -0.160. The molecule has 0 saturated carbocycles. The summed E-state index contributed by atoms with van der Waals surface area (Å²) in [6.07, 6.45) is 1.01. The Morgan fingerprint density at radius 3 is 2.26 bits per heavy atom. The van der Waals surface area contributed by atoms with Crippen molar-refractivity contribution in [3.8, 4) is 5.75 Å². The van der Waals surface area contributed by atoms with Crippen molar-refractivity contribution in [3.63, 3.8) is 0 Å².